The van der Waals surface area contributed by atoms with Gasteiger partial charge >= 0.3 is 5.97 Å². The van der Waals surface area contributed by atoms with Gasteiger partial charge in [0.15, 0.2) is 0 Å². The van der Waals surface area contributed by atoms with E-state index in [1.54, 1.807) is 12.1 Å². The fourth-order valence-corrected chi connectivity index (χ4v) is 2.28. The maximum Gasteiger partial charge on any atom is 0.334 e. The largest absolute Gasteiger partial charge is 0.466 e. The van der Waals surface area contributed by atoms with Gasteiger partial charge in [-0.1, -0.05) is 0 Å². The number of methoxy groups -OCH3 is 1. The third-order valence-electron chi connectivity index (χ3n) is 2.15. The van der Waals surface area contributed by atoms with Gasteiger partial charge < -0.3 is 4.74 Å². The Morgan fingerprint density at radius 3 is 3.19 bits per heavy atom. The number of hydrogen-bond donors (Lipinski definition) is 0. The first-order chi connectivity index (χ1) is 7.74. The van der Waals surface area contributed by atoms with Gasteiger partial charge in [-0.15, -0.1) is 11.8 Å². The zero-order chi connectivity index (χ0) is 11.5. The number of hydrogen-bond acceptors (Lipinski definition) is 5. The summed E-state index contributed by atoms with van der Waals surface area (Å²) >= 11 is 1.47. The Hall–Kier alpha value is -1.80. The van der Waals surface area contributed by atoms with Crippen LogP contribution in [0.1, 0.15) is 11.1 Å². The summed E-state index contributed by atoms with van der Waals surface area (Å²) in [6.45, 7) is 0. The number of rotatable bonds is 1. The molecule has 0 fully saturated rings. The molecule has 0 atom stereocenters. The number of pyridine rings is 1. The molecule has 2 heterocycles. The van der Waals surface area contributed by atoms with Crippen LogP contribution in [0.5, 0.6) is 0 Å². The van der Waals surface area contributed by atoms with Crippen molar-refractivity contribution in [3.05, 3.63) is 29.0 Å². The van der Waals surface area contributed by atoms with Crippen molar-refractivity contribution in [2.24, 2.45) is 0 Å². The number of thioether (sulfide) groups is 1. The molecule has 0 saturated heterocycles. The topological polar surface area (TPSA) is 63.0 Å². The van der Waals surface area contributed by atoms with Gasteiger partial charge in [0, 0.05) is 23.1 Å². The van der Waals surface area contributed by atoms with Gasteiger partial charge in [-0.2, -0.15) is 5.26 Å². The molecule has 0 unspecified atom stereocenters. The summed E-state index contributed by atoms with van der Waals surface area (Å²) in [6, 6.07) is 3.74. The summed E-state index contributed by atoms with van der Waals surface area (Å²) in [7, 11) is 1.35. The van der Waals surface area contributed by atoms with Crippen LogP contribution >= 0.6 is 11.8 Å². The van der Waals surface area contributed by atoms with Crippen molar-refractivity contribution in [3.8, 4) is 6.07 Å². The van der Waals surface area contributed by atoms with E-state index in [0.29, 0.717) is 16.9 Å². The first-order valence-corrected chi connectivity index (χ1v) is 5.55. The first kappa shape index (κ1) is 10.7. The summed E-state index contributed by atoms with van der Waals surface area (Å²) in [4.78, 5) is 15.5. The van der Waals surface area contributed by atoms with E-state index in [1.807, 2.05) is 6.07 Å². The highest BCUT2D eigenvalue weighted by Crippen LogP contribution is 2.30. The molecular weight excluding hydrogens is 224 g/mol. The summed E-state index contributed by atoms with van der Waals surface area (Å²) in [5, 5.41) is 9.59. The van der Waals surface area contributed by atoms with E-state index < -0.39 is 0 Å². The van der Waals surface area contributed by atoms with E-state index in [-0.39, 0.29) is 5.97 Å². The quantitative estimate of drug-likeness (QED) is 0.688. The molecule has 0 amide bonds. The zero-order valence-corrected chi connectivity index (χ0v) is 9.37. The predicted octanol–water partition coefficient (Wildman–Crippen LogP) is 1.62. The number of carbonyl (C=O) groups is 1. The molecule has 2 rings (SSSR count). The fraction of sp³-hybridized carbons (Fsp3) is 0.182. The standard InChI is InChI=1S/C11H8N2O2S/c1-15-11(14)9-3-8-2-7(4-12)5-13-10(8)16-6-9/h2-3,5H,6H2,1H3. The van der Waals surface area contributed by atoms with E-state index in [2.05, 4.69) is 9.72 Å². The van der Waals surface area contributed by atoms with Crippen molar-refractivity contribution in [2.75, 3.05) is 12.9 Å². The van der Waals surface area contributed by atoms with Crippen molar-refractivity contribution in [1.82, 2.24) is 4.98 Å². The molecule has 16 heavy (non-hydrogen) atoms. The molecular formula is C11H8N2O2S. The van der Waals surface area contributed by atoms with E-state index >= 15 is 0 Å². The van der Waals surface area contributed by atoms with Gasteiger partial charge in [-0.3, -0.25) is 0 Å². The van der Waals surface area contributed by atoms with Crippen LogP contribution in [0, 0.1) is 11.3 Å². The van der Waals surface area contributed by atoms with Crippen LogP contribution < -0.4 is 0 Å². The highest BCUT2D eigenvalue weighted by molar-refractivity contribution is 7.99. The van der Waals surface area contributed by atoms with Crippen molar-refractivity contribution in [1.29, 1.82) is 5.26 Å². The van der Waals surface area contributed by atoms with Crippen LogP contribution in [0.25, 0.3) is 6.08 Å². The smallest absolute Gasteiger partial charge is 0.334 e. The average molecular weight is 232 g/mol. The van der Waals surface area contributed by atoms with E-state index in [9.17, 15) is 4.79 Å². The van der Waals surface area contributed by atoms with Crippen LogP contribution in [0.4, 0.5) is 0 Å². The summed E-state index contributed by atoms with van der Waals surface area (Å²) in [5.74, 6) is 0.221. The maximum atomic E-state index is 11.3. The minimum Gasteiger partial charge on any atom is -0.466 e. The van der Waals surface area contributed by atoms with E-state index in [4.69, 9.17) is 5.26 Å². The second-order valence-corrected chi connectivity index (χ2v) is 4.14. The molecule has 0 aromatic carbocycles. The molecule has 1 aromatic heterocycles. The van der Waals surface area contributed by atoms with Crippen LogP contribution in [-0.4, -0.2) is 23.8 Å². The van der Waals surface area contributed by atoms with Gasteiger partial charge in [0.1, 0.15) is 11.1 Å². The molecule has 80 valence electrons. The Morgan fingerprint density at radius 1 is 1.69 bits per heavy atom. The van der Waals surface area contributed by atoms with Crippen molar-refractivity contribution in [2.45, 2.75) is 5.03 Å². The summed E-state index contributed by atoms with van der Waals surface area (Å²) in [6.07, 6.45) is 3.26. The van der Waals surface area contributed by atoms with Crippen LogP contribution in [-0.2, 0) is 9.53 Å². The van der Waals surface area contributed by atoms with Crippen molar-refractivity contribution >= 4 is 23.8 Å². The molecule has 4 nitrogen and oxygen atoms in total. The van der Waals surface area contributed by atoms with Crippen molar-refractivity contribution < 1.29 is 9.53 Å². The Labute approximate surface area is 96.9 Å². The minimum absolute atomic E-state index is 0.333. The number of esters is 1. The second kappa shape index (κ2) is 4.37. The lowest BCUT2D eigenvalue weighted by molar-refractivity contribution is -0.135. The highest BCUT2D eigenvalue weighted by atomic mass is 32.2. The number of nitrogens with zero attached hydrogens (tertiary/aromatic N) is 2. The lowest BCUT2D eigenvalue weighted by Gasteiger charge is -2.13. The van der Waals surface area contributed by atoms with Gasteiger partial charge in [-0.25, -0.2) is 9.78 Å². The molecule has 5 heteroatoms. The first-order valence-electron chi connectivity index (χ1n) is 4.56. The lowest BCUT2D eigenvalue weighted by Crippen LogP contribution is -2.10. The molecule has 1 aromatic rings. The average Bonchev–Trinajstić information content (AvgIpc) is 2.36. The fourth-order valence-electron chi connectivity index (χ4n) is 1.38. The Kier molecular flexibility index (Phi) is 2.93. The minimum atomic E-state index is -0.333. The third kappa shape index (κ3) is 1.92. The number of aromatic nitrogens is 1. The normalized spacial score (nSPS) is 13.4. The molecule has 0 saturated carbocycles. The van der Waals surface area contributed by atoms with E-state index in [0.717, 1.165) is 10.6 Å². The van der Waals surface area contributed by atoms with Gasteiger partial charge in [0.05, 0.1) is 12.7 Å². The van der Waals surface area contributed by atoms with Crippen LogP contribution in [0.2, 0.25) is 0 Å². The van der Waals surface area contributed by atoms with E-state index in [1.165, 1.54) is 25.1 Å². The molecule has 0 bridgehead atoms. The zero-order valence-electron chi connectivity index (χ0n) is 8.56. The van der Waals surface area contributed by atoms with Gasteiger partial charge in [0.25, 0.3) is 0 Å². The lowest BCUT2D eigenvalue weighted by atomic mass is 10.1. The van der Waals surface area contributed by atoms with Gasteiger partial charge in [0.2, 0.25) is 0 Å². The number of nitriles is 1. The molecule has 0 aliphatic carbocycles. The third-order valence-corrected chi connectivity index (χ3v) is 3.22. The Balaban J connectivity index is 2.42. The molecule has 0 radical (unpaired) electrons. The number of fused-ring (bicyclic) bond motifs is 1. The molecule has 1 aliphatic rings. The predicted molar refractivity (Wildman–Crippen MR) is 59.7 cm³/mol. The number of ether oxygens (including phenoxy) is 1. The van der Waals surface area contributed by atoms with Crippen LogP contribution in [0.15, 0.2) is 22.9 Å². The molecule has 0 spiro atoms. The van der Waals surface area contributed by atoms with Crippen molar-refractivity contribution in [3.63, 3.8) is 0 Å². The summed E-state index contributed by atoms with van der Waals surface area (Å²) < 4.78 is 4.66. The molecule has 1 aliphatic heterocycles. The van der Waals surface area contributed by atoms with Crippen LogP contribution in [0.3, 0.4) is 0 Å². The molecule has 0 N–H and O–H groups in total. The Morgan fingerprint density at radius 2 is 2.50 bits per heavy atom. The number of carbonyl (C=O) groups excluding carboxylic acids is 1. The monoisotopic (exact) mass is 232 g/mol. The van der Waals surface area contributed by atoms with Gasteiger partial charge in [-0.05, 0) is 12.1 Å². The SMILES string of the molecule is COC(=O)C1=Cc2cc(C#N)cnc2SC1. The maximum absolute atomic E-state index is 11.3. The Bertz CT molecular complexity index is 517. The highest BCUT2D eigenvalue weighted by Gasteiger charge is 2.18. The second-order valence-electron chi connectivity index (χ2n) is 3.18. The summed E-state index contributed by atoms with van der Waals surface area (Å²) in [5.41, 5.74) is 1.88.